The molecule has 1 N–H and O–H groups in total. The summed E-state index contributed by atoms with van der Waals surface area (Å²) in [6.07, 6.45) is 1.70. The van der Waals surface area contributed by atoms with Gasteiger partial charge in [0.2, 0.25) is 0 Å². The van der Waals surface area contributed by atoms with Crippen molar-refractivity contribution in [2.24, 2.45) is 0 Å². The van der Waals surface area contributed by atoms with Gasteiger partial charge in [-0.1, -0.05) is 47.5 Å². The molecule has 0 saturated carbocycles. The Balaban J connectivity index is 2.31. The van der Waals surface area contributed by atoms with Crippen molar-refractivity contribution in [1.82, 2.24) is 4.57 Å². The maximum atomic E-state index is 12.4. The van der Waals surface area contributed by atoms with Gasteiger partial charge in [-0.2, -0.15) is 0 Å². The highest BCUT2D eigenvalue weighted by atomic mass is 35.5. The molecular formula is C20H17Cl2NO3. The van der Waals surface area contributed by atoms with Gasteiger partial charge in [-0.25, -0.2) is 4.79 Å². The fraction of sp³-hybridized carbons (Fsp3) is 0.150. The Morgan fingerprint density at radius 3 is 2.04 bits per heavy atom. The number of hydrogen-bond donors (Lipinski definition) is 1. The van der Waals surface area contributed by atoms with Crippen LogP contribution in [0, 0.1) is 0 Å². The SMILES string of the molecule is COC(=O)c1cn(CCO)c(-c2ccc(Cl)cc2)c1-c1ccc(Cl)cc1. The number of carbonyl (C=O) groups is 1. The minimum Gasteiger partial charge on any atom is -0.465 e. The summed E-state index contributed by atoms with van der Waals surface area (Å²) in [5.74, 6) is -0.443. The summed E-state index contributed by atoms with van der Waals surface area (Å²) < 4.78 is 6.81. The van der Waals surface area contributed by atoms with E-state index in [1.165, 1.54) is 7.11 Å². The molecule has 1 heterocycles. The van der Waals surface area contributed by atoms with E-state index in [0.717, 1.165) is 22.4 Å². The molecule has 0 atom stereocenters. The van der Waals surface area contributed by atoms with Crippen molar-refractivity contribution in [1.29, 1.82) is 0 Å². The summed E-state index contributed by atoms with van der Waals surface area (Å²) in [4.78, 5) is 12.4. The second-order valence-electron chi connectivity index (χ2n) is 5.69. The van der Waals surface area contributed by atoms with Crippen molar-refractivity contribution in [3.8, 4) is 22.4 Å². The Bertz CT molecular complexity index is 915. The van der Waals surface area contributed by atoms with Gasteiger partial charge in [0.1, 0.15) is 0 Å². The lowest BCUT2D eigenvalue weighted by atomic mass is 9.98. The highest BCUT2D eigenvalue weighted by molar-refractivity contribution is 6.31. The second-order valence-corrected chi connectivity index (χ2v) is 6.56. The van der Waals surface area contributed by atoms with Crippen LogP contribution in [0.1, 0.15) is 10.4 Å². The van der Waals surface area contributed by atoms with Crippen molar-refractivity contribution in [3.63, 3.8) is 0 Å². The van der Waals surface area contributed by atoms with Gasteiger partial charge in [-0.05, 0) is 35.4 Å². The molecule has 26 heavy (non-hydrogen) atoms. The molecule has 0 unspecified atom stereocenters. The molecule has 1 aromatic heterocycles. The van der Waals surface area contributed by atoms with Crippen LogP contribution in [-0.4, -0.2) is 29.4 Å². The van der Waals surface area contributed by atoms with Crippen molar-refractivity contribution in [3.05, 3.63) is 70.3 Å². The van der Waals surface area contributed by atoms with Gasteiger partial charge in [0.15, 0.2) is 0 Å². The molecule has 3 aromatic rings. The molecule has 3 rings (SSSR count). The zero-order valence-electron chi connectivity index (χ0n) is 14.1. The number of hydrogen-bond acceptors (Lipinski definition) is 3. The van der Waals surface area contributed by atoms with Crippen molar-refractivity contribution >= 4 is 29.2 Å². The molecule has 0 aliphatic heterocycles. The average Bonchev–Trinajstić information content (AvgIpc) is 3.02. The lowest BCUT2D eigenvalue weighted by Crippen LogP contribution is -2.03. The number of halogens is 2. The van der Waals surface area contributed by atoms with Gasteiger partial charge in [0.25, 0.3) is 0 Å². The Hall–Kier alpha value is -2.27. The van der Waals surface area contributed by atoms with Gasteiger partial charge in [0.05, 0.1) is 25.0 Å². The number of carbonyl (C=O) groups excluding carboxylic acids is 1. The minimum atomic E-state index is -0.443. The van der Waals surface area contributed by atoms with Crippen molar-refractivity contribution < 1.29 is 14.6 Å². The monoisotopic (exact) mass is 389 g/mol. The first-order valence-corrected chi connectivity index (χ1v) is 8.75. The van der Waals surface area contributed by atoms with E-state index >= 15 is 0 Å². The number of esters is 1. The molecule has 4 nitrogen and oxygen atoms in total. The molecule has 0 aliphatic carbocycles. The summed E-state index contributed by atoms with van der Waals surface area (Å²) in [5.41, 5.74) is 3.66. The van der Waals surface area contributed by atoms with Crippen LogP contribution in [0.25, 0.3) is 22.4 Å². The Morgan fingerprint density at radius 2 is 1.54 bits per heavy atom. The number of benzene rings is 2. The molecule has 0 amide bonds. The maximum absolute atomic E-state index is 12.4. The fourth-order valence-corrected chi connectivity index (χ4v) is 3.18. The Labute approximate surface area is 161 Å². The number of aliphatic hydroxyl groups excluding tert-OH is 1. The lowest BCUT2D eigenvalue weighted by Gasteiger charge is -2.12. The van der Waals surface area contributed by atoms with E-state index in [2.05, 4.69) is 0 Å². The standard InChI is InChI=1S/C20H17Cl2NO3/c1-26-20(25)17-12-23(10-11-24)19(14-4-8-16(22)9-5-14)18(17)13-2-6-15(21)7-3-13/h2-9,12,24H,10-11H2,1H3. The quantitative estimate of drug-likeness (QED) is 0.630. The lowest BCUT2D eigenvalue weighted by molar-refractivity contribution is 0.0601. The average molecular weight is 390 g/mol. The van der Waals surface area contributed by atoms with Crippen LogP contribution in [0.4, 0.5) is 0 Å². The molecule has 2 aromatic carbocycles. The number of nitrogens with zero attached hydrogens (tertiary/aromatic N) is 1. The molecule has 6 heteroatoms. The van der Waals surface area contributed by atoms with Gasteiger partial charge in [0, 0.05) is 28.4 Å². The maximum Gasteiger partial charge on any atom is 0.340 e. The van der Waals surface area contributed by atoms with Gasteiger partial charge in [-0.3, -0.25) is 0 Å². The first-order valence-electron chi connectivity index (χ1n) is 7.99. The molecule has 0 spiro atoms. The number of aromatic nitrogens is 1. The molecular weight excluding hydrogens is 373 g/mol. The molecule has 0 radical (unpaired) electrons. The fourth-order valence-electron chi connectivity index (χ4n) is 2.93. The van der Waals surface area contributed by atoms with Crippen molar-refractivity contribution in [2.75, 3.05) is 13.7 Å². The van der Waals surface area contributed by atoms with Gasteiger partial charge in [-0.15, -0.1) is 0 Å². The summed E-state index contributed by atoms with van der Waals surface area (Å²) in [7, 11) is 1.35. The third-order valence-electron chi connectivity index (χ3n) is 4.08. The van der Waals surface area contributed by atoms with Crippen LogP contribution in [-0.2, 0) is 11.3 Å². The van der Waals surface area contributed by atoms with Crippen LogP contribution in [0.3, 0.4) is 0 Å². The Kier molecular flexibility index (Phi) is 5.67. The zero-order valence-corrected chi connectivity index (χ0v) is 15.6. The zero-order chi connectivity index (χ0) is 18.7. The van der Waals surface area contributed by atoms with E-state index in [0.29, 0.717) is 22.2 Å². The number of ether oxygens (including phenoxy) is 1. The molecule has 134 valence electrons. The first kappa shape index (κ1) is 18.5. The number of methoxy groups -OCH3 is 1. The molecule has 0 bridgehead atoms. The largest absolute Gasteiger partial charge is 0.465 e. The van der Waals surface area contributed by atoms with Gasteiger partial charge >= 0.3 is 5.97 Å². The molecule has 0 saturated heterocycles. The summed E-state index contributed by atoms with van der Waals surface area (Å²) in [5, 5.41) is 10.7. The molecule has 0 aliphatic rings. The van der Waals surface area contributed by atoms with E-state index in [1.807, 2.05) is 28.8 Å². The van der Waals surface area contributed by atoms with E-state index in [-0.39, 0.29) is 6.61 Å². The summed E-state index contributed by atoms with van der Waals surface area (Å²) in [6, 6.07) is 14.6. The third-order valence-corrected chi connectivity index (χ3v) is 4.58. The highest BCUT2D eigenvalue weighted by Gasteiger charge is 2.23. The van der Waals surface area contributed by atoms with Crippen LogP contribution in [0.5, 0.6) is 0 Å². The molecule has 0 fully saturated rings. The van der Waals surface area contributed by atoms with E-state index in [9.17, 15) is 9.90 Å². The Morgan fingerprint density at radius 1 is 1.00 bits per heavy atom. The summed E-state index contributed by atoms with van der Waals surface area (Å²) >= 11 is 12.0. The van der Waals surface area contributed by atoms with E-state index < -0.39 is 5.97 Å². The number of rotatable bonds is 5. The van der Waals surface area contributed by atoms with E-state index in [4.69, 9.17) is 27.9 Å². The topological polar surface area (TPSA) is 51.5 Å². The number of aliphatic hydroxyl groups is 1. The van der Waals surface area contributed by atoms with Crippen LogP contribution in [0.2, 0.25) is 10.0 Å². The summed E-state index contributed by atoms with van der Waals surface area (Å²) in [6.45, 7) is 0.283. The second kappa shape index (κ2) is 7.96. The highest BCUT2D eigenvalue weighted by Crippen LogP contribution is 2.38. The first-order chi connectivity index (χ1) is 12.5. The van der Waals surface area contributed by atoms with E-state index in [1.54, 1.807) is 30.5 Å². The normalized spacial score (nSPS) is 10.8. The minimum absolute atomic E-state index is 0.0596. The van der Waals surface area contributed by atoms with Crippen LogP contribution in [0.15, 0.2) is 54.7 Å². The smallest absolute Gasteiger partial charge is 0.340 e. The van der Waals surface area contributed by atoms with Crippen molar-refractivity contribution in [2.45, 2.75) is 6.54 Å². The van der Waals surface area contributed by atoms with Crippen LogP contribution < -0.4 is 0 Å². The van der Waals surface area contributed by atoms with Gasteiger partial charge < -0.3 is 14.4 Å². The third kappa shape index (κ3) is 3.63. The predicted molar refractivity (Wildman–Crippen MR) is 104 cm³/mol. The predicted octanol–water partition coefficient (Wildman–Crippen LogP) is 4.91. The van der Waals surface area contributed by atoms with Crippen LogP contribution >= 0.6 is 23.2 Å².